The molecule has 1 aromatic heterocycles. The van der Waals surface area contributed by atoms with Crippen LogP contribution >= 0.6 is 0 Å². The summed E-state index contributed by atoms with van der Waals surface area (Å²) in [6, 6.07) is 1.55. The highest BCUT2D eigenvalue weighted by Crippen LogP contribution is 2.33. The molecule has 3 rings (SSSR count). The zero-order valence-electron chi connectivity index (χ0n) is 17.0. The molecule has 1 aliphatic rings. The molecule has 2 atom stereocenters. The van der Waals surface area contributed by atoms with Crippen molar-refractivity contribution in [1.82, 2.24) is 9.55 Å². The van der Waals surface area contributed by atoms with Crippen molar-refractivity contribution in [2.75, 3.05) is 0 Å². The van der Waals surface area contributed by atoms with Crippen molar-refractivity contribution in [2.45, 2.75) is 52.4 Å². The Kier molecular flexibility index (Phi) is 5.96. The Morgan fingerprint density at radius 3 is 2.41 bits per heavy atom. The highest BCUT2D eigenvalue weighted by molar-refractivity contribution is 6.63. The summed E-state index contributed by atoms with van der Waals surface area (Å²) >= 11 is 0. The summed E-state index contributed by atoms with van der Waals surface area (Å²) in [5.41, 5.74) is 2.14. The number of rotatable bonds is 0. The van der Waals surface area contributed by atoms with Gasteiger partial charge < -0.3 is 9.67 Å². The third-order valence-corrected chi connectivity index (χ3v) is 6.02. The van der Waals surface area contributed by atoms with E-state index >= 15 is 0 Å². The maximum atomic E-state index is 13.1. The Balaban J connectivity index is 2.06. The van der Waals surface area contributed by atoms with Crippen LogP contribution in [0.1, 0.15) is 61.9 Å². The van der Waals surface area contributed by atoms with E-state index in [1.807, 2.05) is 13.8 Å². The summed E-state index contributed by atoms with van der Waals surface area (Å²) in [5, 5.41) is 10.6. The number of carbonyl (C=O) groups is 4. The first-order chi connectivity index (χ1) is 13.7. The molecular formula is C22H26N2O5. The fourth-order valence-electron chi connectivity index (χ4n) is 3.92. The Labute approximate surface area is 169 Å². The zero-order chi connectivity index (χ0) is 21.3. The number of carbonyl (C=O) groups excluding carboxylic acids is 4. The maximum Gasteiger partial charge on any atom is 0.264 e. The molecule has 7 nitrogen and oxygen atoms in total. The first kappa shape index (κ1) is 20.9. The first-order valence-electron chi connectivity index (χ1n) is 10.00. The average molecular weight is 398 g/mol. The number of hydrogen-bond donors (Lipinski definition) is 1. The van der Waals surface area contributed by atoms with E-state index < -0.39 is 17.3 Å². The second kappa shape index (κ2) is 8.27. The lowest BCUT2D eigenvalue weighted by atomic mass is 9.83. The lowest BCUT2D eigenvalue weighted by Crippen LogP contribution is -2.25. The molecule has 29 heavy (non-hydrogen) atoms. The van der Waals surface area contributed by atoms with E-state index in [1.54, 1.807) is 24.0 Å². The summed E-state index contributed by atoms with van der Waals surface area (Å²) in [6.07, 6.45) is 2.80. The van der Waals surface area contributed by atoms with Crippen LogP contribution in [0.2, 0.25) is 0 Å². The minimum Gasteiger partial charge on any atom is -0.507 e. The number of hydrogen-bond acceptors (Lipinski definition) is 6. The van der Waals surface area contributed by atoms with Gasteiger partial charge in [0.05, 0.1) is 22.9 Å². The van der Waals surface area contributed by atoms with E-state index in [4.69, 9.17) is 0 Å². The van der Waals surface area contributed by atoms with E-state index in [-0.39, 0.29) is 48.2 Å². The first-order valence-corrected chi connectivity index (χ1v) is 10.00. The van der Waals surface area contributed by atoms with Crippen LogP contribution in [0.4, 0.5) is 0 Å². The predicted octanol–water partition coefficient (Wildman–Crippen LogP) is 2.95. The Morgan fingerprint density at radius 2 is 1.69 bits per heavy atom. The molecular weight excluding hydrogens is 372 g/mol. The van der Waals surface area contributed by atoms with Crippen molar-refractivity contribution >= 4 is 34.2 Å². The molecule has 0 bridgehead atoms. The van der Waals surface area contributed by atoms with Gasteiger partial charge in [-0.05, 0) is 36.7 Å². The quantitative estimate of drug-likeness (QED) is 0.684. The van der Waals surface area contributed by atoms with Crippen molar-refractivity contribution in [2.24, 2.45) is 18.9 Å². The lowest BCUT2D eigenvalue weighted by molar-refractivity contribution is -0.144. The predicted molar refractivity (Wildman–Crippen MR) is 107 cm³/mol. The second-order valence-electron chi connectivity index (χ2n) is 8.12. The molecule has 0 aliphatic heterocycles. The Hall–Kier alpha value is -2.83. The number of aromatic hydroxyl groups is 1. The molecule has 0 unspecified atom stereocenters. The van der Waals surface area contributed by atoms with Crippen LogP contribution in [0.15, 0.2) is 12.4 Å². The molecule has 1 aromatic carbocycles. The average Bonchev–Trinajstić information content (AvgIpc) is 3.04. The molecule has 1 N–H and O–H groups in total. The van der Waals surface area contributed by atoms with Crippen molar-refractivity contribution in [1.29, 1.82) is 0 Å². The van der Waals surface area contributed by atoms with E-state index in [9.17, 15) is 24.3 Å². The normalized spacial score (nSPS) is 22.6. The van der Waals surface area contributed by atoms with Gasteiger partial charge in [0.2, 0.25) is 11.6 Å². The standard InChI is InChI=1S/C22H26N2O5/c1-12-7-8-17(26)22(29)16(25)6-4-5-14-20(18(27)9-13(12)2)19(28)10-15-21(14)23-11-24(15)3/h10-13,28H,4-9H2,1-3H3/t12-,13-/m1/s1. The number of aryl methyl sites for hydroxylation is 2. The van der Waals surface area contributed by atoms with E-state index in [0.29, 0.717) is 35.9 Å². The van der Waals surface area contributed by atoms with Gasteiger partial charge in [0.1, 0.15) is 5.75 Å². The van der Waals surface area contributed by atoms with Crippen LogP contribution in [0.3, 0.4) is 0 Å². The molecule has 0 saturated heterocycles. The number of nitrogens with zero attached hydrogens (tertiary/aromatic N) is 2. The number of benzene rings is 1. The Bertz CT molecular complexity index is 1000. The molecule has 0 fully saturated rings. The molecule has 1 aliphatic carbocycles. The second-order valence-corrected chi connectivity index (χ2v) is 8.12. The molecule has 2 aromatic rings. The Morgan fingerprint density at radius 1 is 1.00 bits per heavy atom. The van der Waals surface area contributed by atoms with Gasteiger partial charge in [-0.3, -0.25) is 19.2 Å². The van der Waals surface area contributed by atoms with Gasteiger partial charge in [0.15, 0.2) is 5.78 Å². The highest BCUT2D eigenvalue weighted by Gasteiger charge is 2.28. The van der Waals surface area contributed by atoms with E-state index in [0.717, 1.165) is 0 Å². The summed E-state index contributed by atoms with van der Waals surface area (Å²) in [6.45, 7) is 3.84. The van der Waals surface area contributed by atoms with Crippen molar-refractivity contribution < 1.29 is 24.3 Å². The molecule has 0 spiro atoms. The summed E-state index contributed by atoms with van der Waals surface area (Å²) in [4.78, 5) is 53.7. The van der Waals surface area contributed by atoms with E-state index in [2.05, 4.69) is 4.98 Å². The van der Waals surface area contributed by atoms with Gasteiger partial charge in [-0.2, -0.15) is 0 Å². The molecule has 0 amide bonds. The van der Waals surface area contributed by atoms with Crippen LogP contribution in [-0.2, 0) is 27.9 Å². The van der Waals surface area contributed by atoms with Crippen LogP contribution in [0, 0.1) is 11.8 Å². The SMILES string of the molecule is C[C@@H]1CCC(=O)C(=O)C(=O)CCCc2c(c(O)cc3c2ncn3C)C(=O)C[C@H]1C. The topological polar surface area (TPSA) is 106 Å². The van der Waals surface area contributed by atoms with Crippen LogP contribution in [0.25, 0.3) is 11.0 Å². The van der Waals surface area contributed by atoms with Crippen LogP contribution in [0.5, 0.6) is 5.75 Å². The van der Waals surface area contributed by atoms with Crippen LogP contribution in [-0.4, -0.2) is 37.8 Å². The van der Waals surface area contributed by atoms with Gasteiger partial charge in [-0.25, -0.2) is 4.98 Å². The fraction of sp³-hybridized carbons (Fsp3) is 0.500. The summed E-state index contributed by atoms with van der Waals surface area (Å²) in [7, 11) is 1.80. The molecule has 0 saturated carbocycles. The van der Waals surface area contributed by atoms with Crippen LogP contribution < -0.4 is 0 Å². The molecule has 7 heteroatoms. The van der Waals surface area contributed by atoms with Gasteiger partial charge in [-0.15, -0.1) is 0 Å². The van der Waals surface area contributed by atoms with Gasteiger partial charge in [0.25, 0.3) is 5.78 Å². The minimum absolute atomic E-state index is 0.0120. The summed E-state index contributed by atoms with van der Waals surface area (Å²) < 4.78 is 1.75. The molecule has 154 valence electrons. The molecule has 0 radical (unpaired) electrons. The number of phenolic OH excluding ortho intramolecular Hbond substituents is 1. The fourth-order valence-corrected chi connectivity index (χ4v) is 3.92. The monoisotopic (exact) mass is 398 g/mol. The number of ketones is 4. The summed E-state index contributed by atoms with van der Waals surface area (Å²) in [5.74, 6) is -2.58. The number of fused-ring (bicyclic) bond motifs is 3. The number of aromatic nitrogens is 2. The van der Waals surface area contributed by atoms with Gasteiger partial charge in [-0.1, -0.05) is 13.8 Å². The van der Waals surface area contributed by atoms with E-state index in [1.165, 1.54) is 0 Å². The number of imidazole rings is 1. The zero-order valence-corrected chi connectivity index (χ0v) is 17.0. The van der Waals surface area contributed by atoms with Gasteiger partial charge in [0, 0.05) is 32.4 Å². The van der Waals surface area contributed by atoms with Crippen molar-refractivity contribution in [3.8, 4) is 5.75 Å². The number of phenols is 1. The highest BCUT2D eigenvalue weighted by atomic mass is 16.3. The smallest absolute Gasteiger partial charge is 0.264 e. The lowest BCUT2D eigenvalue weighted by Gasteiger charge is -2.20. The van der Waals surface area contributed by atoms with Crippen molar-refractivity contribution in [3.05, 3.63) is 23.5 Å². The number of Topliss-reactive ketones (excluding diaryl/α,β-unsaturated/α-hetero) is 4. The third-order valence-electron chi connectivity index (χ3n) is 6.02. The molecule has 1 heterocycles. The maximum absolute atomic E-state index is 13.1. The van der Waals surface area contributed by atoms with Crippen molar-refractivity contribution in [3.63, 3.8) is 0 Å². The minimum atomic E-state index is -0.933. The largest absolute Gasteiger partial charge is 0.507 e. The van der Waals surface area contributed by atoms with Gasteiger partial charge >= 0.3 is 0 Å². The third kappa shape index (κ3) is 4.13.